The topological polar surface area (TPSA) is 31.2 Å². The van der Waals surface area contributed by atoms with Crippen molar-refractivity contribution in [2.24, 2.45) is 0 Å². The molecule has 0 atom stereocenters. The molecular weight excluding hydrogens is 286 g/mol. The normalized spacial score (nSPS) is 11.1. The molecule has 0 spiro atoms. The summed E-state index contributed by atoms with van der Waals surface area (Å²) in [5.74, 6) is 0.234. The number of rotatable bonds is 4. The average molecular weight is 307 g/mol. The van der Waals surface area contributed by atoms with Gasteiger partial charge < -0.3 is 9.30 Å². The standard InChI is InChI=1S/C20H21NO2/c1-14(2)17-8-9-19-18(12-17)10-11-21(19)13-15-4-6-16(7-5-15)20(22)23-3/h4-12,14H,13H2,1-3H3. The van der Waals surface area contributed by atoms with Crippen molar-refractivity contribution in [1.29, 1.82) is 0 Å². The number of carbonyl (C=O) groups excluding carboxylic acids is 1. The van der Waals surface area contributed by atoms with Gasteiger partial charge in [0.15, 0.2) is 0 Å². The van der Waals surface area contributed by atoms with Gasteiger partial charge in [0.25, 0.3) is 0 Å². The lowest BCUT2D eigenvalue weighted by atomic mass is 10.0. The van der Waals surface area contributed by atoms with Gasteiger partial charge >= 0.3 is 5.97 Å². The SMILES string of the molecule is COC(=O)c1ccc(Cn2ccc3cc(C(C)C)ccc32)cc1. The molecule has 2 aromatic carbocycles. The van der Waals surface area contributed by atoms with Crippen molar-refractivity contribution in [3.05, 3.63) is 71.4 Å². The Kier molecular flexibility index (Phi) is 4.20. The van der Waals surface area contributed by atoms with Crippen LogP contribution in [0.5, 0.6) is 0 Å². The first-order valence-corrected chi connectivity index (χ1v) is 7.84. The Balaban J connectivity index is 1.85. The van der Waals surface area contributed by atoms with Crippen molar-refractivity contribution in [2.45, 2.75) is 26.3 Å². The Morgan fingerprint density at radius 2 is 1.83 bits per heavy atom. The molecule has 3 aromatic rings. The Hall–Kier alpha value is -2.55. The van der Waals surface area contributed by atoms with Gasteiger partial charge in [0.05, 0.1) is 12.7 Å². The summed E-state index contributed by atoms with van der Waals surface area (Å²) in [6, 6.07) is 16.4. The van der Waals surface area contributed by atoms with E-state index in [2.05, 4.69) is 48.9 Å². The van der Waals surface area contributed by atoms with Crippen LogP contribution in [0, 0.1) is 0 Å². The number of ether oxygens (including phenoxy) is 1. The van der Waals surface area contributed by atoms with E-state index >= 15 is 0 Å². The van der Waals surface area contributed by atoms with E-state index in [9.17, 15) is 4.79 Å². The third-order valence-electron chi connectivity index (χ3n) is 4.19. The Labute approximate surface area is 136 Å². The van der Waals surface area contributed by atoms with Crippen molar-refractivity contribution in [3.63, 3.8) is 0 Å². The highest BCUT2D eigenvalue weighted by Gasteiger charge is 2.07. The van der Waals surface area contributed by atoms with Crippen molar-refractivity contribution in [3.8, 4) is 0 Å². The van der Waals surface area contributed by atoms with Crippen LogP contribution < -0.4 is 0 Å². The van der Waals surface area contributed by atoms with Gasteiger partial charge in [-0.3, -0.25) is 0 Å². The van der Waals surface area contributed by atoms with E-state index in [0.29, 0.717) is 11.5 Å². The molecule has 0 radical (unpaired) electrons. The summed E-state index contributed by atoms with van der Waals surface area (Å²) in [6.07, 6.45) is 2.11. The van der Waals surface area contributed by atoms with E-state index in [4.69, 9.17) is 4.74 Å². The van der Waals surface area contributed by atoms with Crippen molar-refractivity contribution >= 4 is 16.9 Å². The number of benzene rings is 2. The molecule has 0 N–H and O–H groups in total. The molecule has 3 heteroatoms. The highest BCUT2D eigenvalue weighted by atomic mass is 16.5. The van der Waals surface area contributed by atoms with E-state index in [1.54, 1.807) is 0 Å². The summed E-state index contributed by atoms with van der Waals surface area (Å²) < 4.78 is 6.95. The molecule has 0 amide bonds. The second-order valence-electron chi connectivity index (χ2n) is 6.11. The predicted octanol–water partition coefficient (Wildman–Crippen LogP) is 4.60. The van der Waals surface area contributed by atoms with Crippen molar-refractivity contribution in [1.82, 2.24) is 4.57 Å². The van der Waals surface area contributed by atoms with Crippen LogP contribution in [0.15, 0.2) is 54.7 Å². The molecular formula is C20H21NO2. The van der Waals surface area contributed by atoms with E-state index in [-0.39, 0.29) is 5.97 Å². The maximum atomic E-state index is 11.5. The molecule has 0 aliphatic carbocycles. The molecule has 1 aromatic heterocycles. The van der Waals surface area contributed by atoms with E-state index in [1.807, 2.05) is 24.3 Å². The highest BCUT2D eigenvalue weighted by molar-refractivity contribution is 5.89. The largest absolute Gasteiger partial charge is 0.465 e. The number of methoxy groups -OCH3 is 1. The van der Waals surface area contributed by atoms with E-state index in [1.165, 1.54) is 23.6 Å². The summed E-state index contributed by atoms with van der Waals surface area (Å²) >= 11 is 0. The lowest BCUT2D eigenvalue weighted by Crippen LogP contribution is -2.02. The molecule has 118 valence electrons. The van der Waals surface area contributed by atoms with Crippen LogP contribution in [0.2, 0.25) is 0 Å². The van der Waals surface area contributed by atoms with Gasteiger partial charge in [-0.1, -0.05) is 32.0 Å². The molecule has 0 aliphatic heterocycles. The number of carbonyl (C=O) groups is 1. The van der Waals surface area contributed by atoms with Crippen LogP contribution in [-0.4, -0.2) is 17.6 Å². The summed E-state index contributed by atoms with van der Waals surface area (Å²) in [5.41, 5.74) is 4.32. The van der Waals surface area contributed by atoms with Crippen molar-refractivity contribution in [2.75, 3.05) is 7.11 Å². The molecule has 0 unspecified atom stereocenters. The second kappa shape index (κ2) is 6.29. The fraction of sp³-hybridized carbons (Fsp3) is 0.250. The fourth-order valence-corrected chi connectivity index (χ4v) is 2.78. The molecule has 23 heavy (non-hydrogen) atoms. The smallest absolute Gasteiger partial charge is 0.337 e. The first kappa shape index (κ1) is 15.3. The van der Waals surface area contributed by atoms with Crippen LogP contribution in [0.3, 0.4) is 0 Å². The Bertz CT molecular complexity index is 828. The van der Waals surface area contributed by atoms with Gasteiger partial charge in [-0.25, -0.2) is 4.79 Å². The lowest BCUT2D eigenvalue weighted by molar-refractivity contribution is 0.0600. The second-order valence-corrected chi connectivity index (χ2v) is 6.11. The van der Waals surface area contributed by atoms with Crippen LogP contribution >= 0.6 is 0 Å². The minimum atomic E-state index is -0.302. The van der Waals surface area contributed by atoms with Crippen LogP contribution in [0.25, 0.3) is 10.9 Å². The molecule has 3 rings (SSSR count). The molecule has 0 saturated heterocycles. The van der Waals surface area contributed by atoms with Gasteiger partial charge in [-0.05, 0) is 52.8 Å². The zero-order chi connectivity index (χ0) is 16.4. The van der Waals surface area contributed by atoms with Gasteiger partial charge in [-0.2, -0.15) is 0 Å². The molecule has 3 nitrogen and oxygen atoms in total. The van der Waals surface area contributed by atoms with Crippen LogP contribution in [-0.2, 0) is 11.3 Å². The number of esters is 1. The number of fused-ring (bicyclic) bond motifs is 1. The van der Waals surface area contributed by atoms with E-state index < -0.39 is 0 Å². The number of nitrogens with zero attached hydrogens (tertiary/aromatic N) is 1. The van der Waals surface area contributed by atoms with E-state index in [0.717, 1.165) is 12.1 Å². The van der Waals surface area contributed by atoms with Gasteiger partial charge in [0.2, 0.25) is 0 Å². The quantitative estimate of drug-likeness (QED) is 0.660. The zero-order valence-corrected chi connectivity index (χ0v) is 13.7. The molecule has 0 bridgehead atoms. The Morgan fingerprint density at radius 1 is 1.09 bits per heavy atom. The number of aromatic nitrogens is 1. The summed E-state index contributed by atoms with van der Waals surface area (Å²) in [7, 11) is 1.40. The van der Waals surface area contributed by atoms with Gasteiger partial charge in [0, 0.05) is 18.3 Å². The minimum Gasteiger partial charge on any atom is -0.465 e. The highest BCUT2D eigenvalue weighted by Crippen LogP contribution is 2.23. The number of hydrogen-bond acceptors (Lipinski definition) is 2. The predicted molar refractivity (Wildman–Crippen MR) is 92.9 cm³/mol. The third-order valence-corrected chi connectivity index (χ3v) is 4.19. The molecule has 0 fully saturated rings. The maximum absolute atomic E-state index is 11.5. The first-order chi connectivity index (χ1) is 11.1. The minimum absolute atomic E-state index is 0.302. The summed E-state index contributed by atoms with van der Waals surface area (Å²) in [6.45, 7) is 5.20. The first-order valence-electron chi connectivity index (χ1n) is 7.84. The zero-order valence-electron chi connectivity index (χ0n) is 13.7. The maximum Gasteiger partial charge on any atom is 0.337 e. The molecule has 0 saturated carbocycles. The van der Waals surface area contributed by atoms with Gasteiger partial charge in [0.1, 0.15) is 0 Å². The lowest BCUT2D eigenvalue weighted by Gasteiger charge is -2.09. The summed E-state index contributed by atoms with van der Waals surface area (Å²) in [5, 5.41) is 1.27. The average Bonchev–Trinajstić information content (AvgIpc) is 2.97. The van der Waals surface area contributed by atoms with Crippen molar-refractivity contribution < 1.29 is 9.53 Å². The molecule has 1 heterocycles. The van der Waals surface area contributed by atoms with Crippen LogP contribution in [0.4, 0.5) is 0 Å². The van der Waals surface area contributed by atoms with Crippen LogP contribution in [0.1, 0.15) is 41.3 Å². The third kappa shape index (κ3) is 3.14. The molecule has 0 aliphatic rings. The fourth-order valence-electron chi connectivity index (χ4n) is 2.78. The number of hydrogen-bond donors (Lipinski definition) is 0. The Morgan fingerprint density at radius 3 is 2.48 bits per heavy atom. The summed E-state index contributed by atoms with van der Waals surface area (Å²) in [4.78, 5) is 11.5. The van der Waals surface area contributed by atoms with Gasteiger partial charge in [-0.15, -0.1) is 0 Å². The monoisotopic (exact) mass is 307 g/mol.